The molecule has 0 radical (unpaired) electrons. The van der Waals surface area contributed by atoms with Crippen molar-refractivity contribution < 1.29 is 35.7 Å². The molecule has 0 aromatic heterocycles. The van der Waals surface area contributed by atoms with Gasteiger partial charge in [-0.05, 0) is 0 Å². The van der Waals surface area contributed by atoms with Gasteiger partial charge >= 0.3 is 15.6 Å². The smallest absolute Gasteiger partial charge is 0.279 e. The van der Waals surface area contributed by atoms with Gasteiger partial charge in [0.2, 0.25) is 12.2 Å². The molecular formula is C3H3F3N2O5S. The van der Waals surface area contributed by atoms with E-state index in [4.69, 9.17) is 33.4 Å². The average molecular weight is 236 g/mol. The maximum atomic E-state index is 10.7. The van der Waals surface area contributed by atoms with Gasteiger partial charge in [0.25, 0.3) is 0 Å². The van der Waals surface area contributed by atoms with Gasteiger partial charge in [-0.1, -0.05) is 0 Å². The summed E-state index contributed by atoms with van der Waals surface area (Å²) in [5.41, 5.74) is -5.53. The Kier molecular flexibility index (Phi) is 10.5. The topological polar surface area (TPSA) is 136 Å². The maximum Gasteiger partial charge on any atom is 0.522 e. The highest BCUT2D eigenvalue weighted by molar-refractivity contribution is 7.86. The van der Waals surface area contributed by atoms with Crippen molar-refractivity contribution in [2.75, 3.05) is 0 Å². The highest BCUT2D eigenvalue weighted by Crippen LogP contribution is 2.20. The second-order valence-electron chi connectivity index (χ2n) is 1.12. The highest BCUT2D eigenvalue weighted by Gasteiger charge is 2.44. The predicted molar refractivity (Wildman–Crippen MR) is 34.4 cm³/mol. The lowest BCUT2D eigenvalue weighted by molar-refractivity contribution is -0.0510. The molecule has 0 rings (SSSR count). The van der Waals surface area contributed by atoms with E-state index in [1.165, 1.54) is 0 Å². The van der Waals surface area contributed by atoms with E-state index in [9.17, 15) is 13.2 Å². The third-order valence-corrected chi connectivity index (χ3v) is 0.877. The number of alkyl halides is 3. The summed E-state index contributed by atoms with van der Waals surface area (Å²) in [7, 11) is -5.84. The molecule has 0 aromatic carbocycles. The first kappa shape index (κ1) is 18.3. The van der Waals surface area contributed by atoms with Crippen LogP contribution in [0.3, 0.4) is 0 Å². The molecule has 0 spiro atoms. The van der Waals surface area contributed by atoms with E-state index in [2.05, 4.69) is 0 Å². The van der Waals surface area contributed by atoms with Crippen LogP contribution in [0, 0.1) is 10.8 Å². The van der Waals surface area contributed by atoms with Gasteiger partial charge < -0.3 is 0 Å². The van der Waals surface area contributed by atoms with Crippen LogP contribution in [0.15, 0.2) is 0 Å². The first-order valence-electron chi connectivity index (χ1n) is 2.20. The van der Waals surface area contributed by atoms with Crippen LogP contribution in [0.4, 0.5) is 13.2 Å². The number of halogens is 3. The molecule has 0 aromatic rings. The first-order valence-corrected chi connectivity index (χ1v) is 3.64. The summed E-state index contributed by atoms with van der Waals surface area (Å²) in [5, 5.41) is 10.8. The van der Waals surface area contributed by atoms with Gasteiger partial charge in [-0.25, -0.2) is 20.4 Å². The highest BCUT2D eigenvalue weighted by atomic mass is 32.2. The third-order valence-electron chi connectivity index (χ3n) is 0.292. The molecule has 0 unspecified atom stereocenters. The second-order valence-corrected chi connectivity index (χ2v) is 2.54. The summed E-state index contributed by atoms with van der Waals surface area (Å²) < 4.78 is 57.5. The summed E-state index contributed by atoms with van der Waals surface area (Å²) in [6.45, 7) is 0. The Bertz CT molecular complexity index is 296. The molecule has 0 bridgehead atoms. The minimum absolute atomic E-state index is 0.750. The molecule has 0 amide bonds. The molecule has 7 nitrogen and oxygen atoms in total. The number of hydrogen-bond donors (Lipinski definition) is 3. The van der Waals surface area contributed by atoms with Crippen LogP contribution in [0.25, 0.3) is 0 Å². The number of carbonyl (C=O) groups excluding carboxylic acids is 2. The van der Waals surface area contributed by atoms with Crippen molar-refractivity contribution in [3.63, 3.8) is 0 Å². The quantitative estimate of drug-likeness (QED) is 0.239. The van der Waals surface area contributed by atoms with Gasteiger partial charge in [0.15, 0.2) is 0 Å². The summed E-state index contributed by atoms with van der Waals surface area (Å²) in [6, 6.07) is 0. The maximum absolute atomic E-state index is 10.7. The van der Waals surface area contributed by atoms with Gasteiger partial charge in [0.05, 0.1) is 0 Å². The Morgan fingerprint density at radius 3 is 1.14 bits per heavy atom. The number of nitrogens with one attached hydrogen (secondary N) is 2. The molecule has 0 aliphatic rings. The van der Waals surface area contributed by atoms with Crippen molar-refractivity contribution in [1.82, 2.24) is 0 Å². The lowest BCUT2D eigenvalue weighted by Crippen LogP contribution is -2.21. The van der Waals surface area contributed by atoms with Gasteiger partial charge in [0.1, 0.15) is 0 Å². The summed E-state index contributed by atoms with van der Waals surface area (Å²) in [5.74, 6) is 0. The minimum atomic E-state index is -5.84. The molecule has 82 valence electrons. The van der Waals surface area contributed by atoms with E-state index in [-0.39, 0.29) is 0 Å². The average Bonchev–Trinajstić information content (AvgIpc) is 1.85. The number of hydrogen-bond acceptors (Lipinski definition) is 6. The largest absolute Gasteiger partial charge is 0.522 e. The Morgan fingerprint density at radius 2 is 1.14 bits per heavy atom. The first-order chi connectivity index (χ1) is 6.08. The molecule has 14 heavy (non-hydrogen) atoms. The van der Waals surface area contributed by atoms with Crippen LogP contribution in [0.5, 0.6) is 0 Å². The van der Waals surface area contributed by atoms with Gasteiger partial charge in [0, 0.05) is 0 Å². The van der Waals surface area contributed by atoms with Crippen LogP contribution in [-0.4, -0.2) is 30.6 Å². The van der Waals surface area contributed by atoms with Crippen LogP contribution in [0.1, 0.15) is 0 Å². The van der Waals surface area contributed by atoms with E-state index in [1.807, 2.05) is 0 Å². The Hall–Kier alpha value is -1.54. The minimum Gasteiger partial charge on any atom is -0.279 e. The van der Waals surface area contributed by atoms with Gasteiger partial charge in [-0.3, -0.25) is 4.55 Å². The van der Waals surface area contributed by atoms with E-state index in [0.717, 1.165) is 12.2 Å². The van der Waals surface area contributed by atoms with Crippen molar-refractivity contribution in [2.24, 2.45) is 0 Å². The Morgan fingerprint density at radius 1 is 1.07 bits per heavy atom. The van der Waals surface area contributed by atoms with Crippen LogP contribution in [0.2, 0.25) is 0 Å². The number of rotatable bonds is 0. The summed E-state index contributed by atoms with van der Waals surface area (Å²) in [4.78, 5) is 16.7. The fraction of sp³-hybridized carbons (Fsp3) is 0.333. The van der Waals surface area contributed by atoms with E-state index < -0.39 is 15.6 Å². The van der Waals surface area contributed by atoms with Gasteiger partial charge in [-0.15, -0.1) is 0 Å². The van der Waals surface area contributed by atoms with Crippen molar-refractivity contribution in [3.05, 3.63) is 0 Å². The van der Waals surface area contributed by atoms with Crippen molar-refractivity contribution in [1.29, 1.82) is 10.8 Å². The molecule has 0 aliphatic heterocycles. The molecule has 0 fully saturated rings. The van der Waals surface area contributed by atoms with E-state index in [0.29, 0.717) is 0 Å². The molecule has 0 saturated heterocycles. The summed E-state index contributed by atoms with van der Waals surface area (Å²) in [6.07, 6.45) is 1.50. The van der Waals surface area contributed by atoms with Crippen LogP contribution >= 0.6 is 0 Å². The molecule has 3 N–H and O–H groups in total. The lowest BCUT2D eigenvalue weighted by Gasteiger charge is -1.97. The molecular weight excluding hydrogens is 233 g/mol. The van der Waals surface area contributed by atoms with Crippen molar-refractivity contribution in [3.8, 4) is 0 Å². The van der Waals surface area contributed by atoms with E-state index >= 15 is 0 Å². The number of isocyanates is 2. The second kappa shape index (κ2) is 8.08. The van der Waals surface area contributed by atoms with Gasteiger partial charge in [-0.2, -0.15) is 21.6 Å². The Labute approximate surface area is 75.3 Å². The zero-order valence-electron chi connectivity index (χ0n) is 6.12. The standard InChI is InChI=1S/CHF3O3S.2CHNO/c2-1(3,4)8(5,6)7;2*2-1-3/h(H,5,6,7);2*2H. The van der Waals surface area contributed by atoms with Crippen LogP contribution < -0.4 is 0 Å². The fourth-order valence-electron chi connectivity index (χ4n) is 0. The SMILES string of the molecule is N=C=O.N=C=O.O=S(=O)(O)C(F)(F)F. The third kappa shape index (κ3) is 16.8. The normalized spacial score (nSPS) is 9.14. The van der Waals surface area contributed by atoms with E-state index in [1.54, 1.807) is 0 Å². The molecule has 0 aliphatic carbocycles. The Balaban J connectivity index is -0.000000168. The molecule has 0 heterocycles. The lowest BCUT2D eigenvalue weighted by atomic mass is 11.6. The fourth-order valence-corrected chi connectivity index (χ4v) is 0. The zero-order chi connectivity index (χ0) is 12.4. The molecule has 0 saturated carbocycles. The van der Waals surface area contributed by atoms with Crippen LogP contribution in [-0.2, 0) is 19.7 Å². The molecule has 0 atom stereocenters. The van der Waals surface area contributed by atoms with Crippen molar-refractivity contribution in [2.45, 2.75) is 5.51 Å². The molecule has 11 heteroatoms. The summed E-state index contributed by atoms with van der Waals surface area (Å²) >= 11 is 0. The van der Waals surface area contributed by atoms with Crippen molar-refractivity contribution >= 4 is 22.3 Å². The zero-order valence-corrected chi connectivity index (χ0v) is 6.94. The monoisotopic (exact) mass is 236 g/mol. The predicted octanol–water partition coefficient (Wildman–Crippen LogP) is 0.196.